The Bertz CT molecular complexity index is 1090. The Morgan fingerprint density at radius 3 is 2.93 bits per heavy atom. The van der Waals surface area contributed by atoms with E-state index in [1.54, 1.807) is 10.6 Å². The molecule has 0 radical (unpaired) electrons. The maximum Gasteiger partial charge on any atom is 0.262 e. The summed E-state index contributed by atoms with van der Waals surface area (Å²) in [6, 6.07) is 15.0. The number of aromatic nitrogens is 2. The Kier molecular flexibility index (Phi) is 5.97. The summed E-state index contributed by atoms with van der Waals surface area (Å²) in [7, 11) is 0. The van der Waals surface area contributed by atoms with Gasteiger partial charge in [-0.05, 0) is 49.6 Å². The van der Waals surface area contributed by atoms with E-state index >= 15 is 0 Å². The summed E-state index contributed by atoms with van der Waals surface area (Å²) < 4.78 is 7.37. The third kappa shape index (κ3) is 4.68. The minimum absolute atomic E-state index is 0.0103. The number of rotatable bonds is 6. The summed E-state index contributed by atoms with van der Waals surface area (Å²) in [4.78, 5) is 30.2. The molecule has 1 atom stereocenters. The number of aryl methyl sites for hydroxylation is 1. The Labute approximate surface area is 173 Å². The van der Waals surface area contributed by atoms with Gasteiger partial charge in [0.1, 0.15) is 0 Å². The predicted octanol–water partition coefficient (Wildman–Crippen LogP) is 3.61. The number of hydrogen-bond acceptors (Lipinski definition) is 5. The second-order valence-electron chi connectivity index (χ2n) is 7.17. The van der Waals surface area contributed by atoms with E-state index in [0.717, 1.165) is 30.7 Å². The molecule has 150 valence electrons. The van der Waals surface area contributed by atoms with Crippen LogP contribution in [0.2, 0.25) is 0 Å². The second-order valence-corrected chi connectivity index (χ2v) is 8.11. The highest BCUT2D eigenvalue weighted by atomic mass is 32.2. The lowest BCUT2D eigenvalue weighted by Gasteiger charge is -2.16. The maximum absolute atomic E-state index is 13.1. The van der Waals surface area contributed by atoms with Gasteiger partial charge in [0.2, 0.25) is 5.91 Å². The van der Waals surface area contributed by atoms with Gasteiger partial charge in [0.05, 0.1) is 29.3 Å². The van der Waals surface area contributed by atoms with Crippen molar-refractivity contribution in [2.24, 2.45) is 0 Å². The molecule has 1 aliphatic rings. The molecule has 0 saturated carbocycles. The first kappa shape index (κ1) is 19.7. The van der Waals surface area contributed by atoms with Crippen molar-refractivity contribution in [3.8, 4) is 0 Å². The van der Waals surface area contributed by atoms with Crippen molar-refractivity contribution < 1.29 is 9.53 Å². The van der Waals surface area contributed by atoms with Crippen molar-refractivity contribution in [2.45, 2.75) is 37.6 Å². The molecular formula is C22H23N3O3S. The minimum Gasteiger partial charge on any atom is -0.376 e. The summed E-state index contributed by atoms with van der Waals surface area (Å²) in [5.41, 5.74) is 2.39. The number of anilines is 1. The summed E-state index contributed by atoms with van der Waals surface area (Å²) >= 11 is 1.28. The molecule has 0 aliphatic carbocycles. The first-order valence-corrected chi connectivity index (χ1v) is 10.7. The van der Waals surface area contributed by atoms with Crippen molar-refractivity contribution in [3.63, 3.8) is 0 Å². The molecule has 1 aliphatic heterocycles. The molecule has 6 nitrogen and oxygen atoms in total. The van der Waals surface area contributed by atoms with E-state index in [1.165, 1.54) is 11.8 Å². The Hall–Kier alpha value is -2.64. The van der Waals surface area contributed by atoms with Crippen LogP contribution >= 0.6 is 11.8 Å². The molecule has 0 unspecified atom stereocenters. The molecule has 2 heterocycles. The van der Waals surface area contributed by atoms with Crippen molar-refractivity contribution >= 4 is 34.3 Å². The van der Waals surface area contributed by atoms with E-state index in [4.69, 9.17) is 4.74 Å². The standard InChI is InChI=1S/C22H23N3O3S/c1-15-6-4-7-16(12-15)23-20(26)14-29-22-24-19-10-3-2-9-18(19)21(27)25(22)13-17-8-5-11-28-17/h2-4,6-7,9-10,12,17H,5,8,11,13-14H2,1H3,(H,23,26)/t17-/m1/s1. The summed E-state index contributed by atoms with van der Waals surface area (Å²) in [6.45, 7) is 3.16. The van der Waals surface area contributed by atoms with Gasteiger partial charge in [0, 0.05) is 12.3 Å². The highest BCUT2D eigenvalue weighted by Crippen LogP contribution is 2.21. The molecule has 4 rings (SSSR count). The number of para-hydroxylation sites is 1. The van der Waals surface area contributed by atoms with Crippen molar-refractivity contribution in [1.82, 2.24) is 9.55 Å². The quantitative estimate of drug-likeness (QED) is 0.497. The molecule has 29 heavy (non-hydrogen) atoms. The van der Waals surface area contributed by atoms with Crippen molar-refractivity contribution in [2.75, 3.05) is 17.7 Å². The fourth-order valence-corrected chi connectivity index (χ4v) is 4.27. The van der Waals surface area contributed by atoms with Crippen LogP contribution in [0.3, 0.4) is 0 Å². The van der Waals surface area contributed by atoms with Gasteiger partial charge >= 0.3 is 0 Å². The average Bonchev–Trinajstić information content (AvgIpc) is 3.22. The van der Waals surface area contributed by atoms with Gasteiger partial charge in [-0.15, -0.1) is 0 Å². The molecule has 1 N–H and O–H groups in total. The van der Waals surface area contributed by atoms with Crippen molar-refractivity contribution in [3.05, 3.63) is 64.4 Å². The number of nitrogens with one attached hydrogen (secondary N) is 1. The predicted molar refractivity (Wildman–Crippen MR) is 116 cm³/mol. The van der Waals surface area contributed by atoms with E-state index in [0.29, 0.717) is 22.6 Å². The zero-order valence-electron chi connectivity index (χ0n) is 16.3. The SMILES string of the molecule is Cc1cccc(NC(=O)CSc2nc3ccccc3c(=O)n2C[C@H]2CCCO2)c1. The number of fused-ring (bicyclic) bond motifs is 1. The number of benzene rings is 2. The molecule has 7 heteroatoms. The van der Waals surface area contributed by atoms with Crippen molar-refractivity contribution in [1.29, 1.82) is 0 Å². The third-order valence-electron chi connectivity index (χ3n) is 4.87. The summed E-state index contributed by atoms with van der Waals surface area (Å²) in [5, 5.41) is 4.03. The van der Waals surface area contributed by atoms with Crippen LogP contribution in [0.25, 0.3) is 10.9 Å². The van der Waals surface area contributed by atoms with Crippen LogP contribution in [0.15, 0.2) is 58.5 Å². The number of carbonyl (C=O) groups is 1. The van der Waals surface area contributed by atoms with E-state index < -0.39 is 0 Å². The average molecular weight is 410 g/mol. The summed E-state index contributed by atoms with van der Waals surface area (Å²) in [5.74, 6) is 0.0382. The highest BCUT2D eigenvalue weighted by Gasteiger charge is 2.20. The molecule has 0 spiro atoms. The van der Waals surface area contributed by atoms with E-state index in [-0.39, 0.29) is 23.3 Å². The monoisotopic (exact) mass is 409 g/mol. The van der Waals surface area contributed by atoms with Gasteiger partial charge in [-0.3, -0.25) is 14.2 Å². The molecule has 3 aromatic rings. The van der Waals surface area contributed by atoms with Crippen LogP contribution in [0.1, 0.15) is 18.4 Å². The number of amides is 1. The minimum atomic E-state index is -0.133. The lowest BCUT2D eigenvalue weighted by Crippen LogP contribution is -2.29. The largest absolute Gasteiger partial charge is 0.376 e. The third-order valence-corrected chi connectivity index (χ3v) is 5.85. The van der Waals surface area contributed by atoms with Gasteiger partial charge in [-0.2, -0.15) is 0 Å². The molecule has 1 amide bonds. The molecule has 1 fully saturated rings. The zero-order chi connectivity index (χ0) is 20.2. The lowest BCUT2D eigenvalue weighted by atomic mass is 10.2. The Balaban J connectivity index is 1.56. The first-order chi connectivity index (χ1) is 14.1. The van der Waals surface area contributed by atoms with Gasteiger partial charge in [-0.25, -0.2) is 4.98 Å². The van der Waals surface area contributed by atoms with Crippen LogP contribution in [0, 0.1) is 6.92 Å². The zero-order valence-corrected chi connectivity index (χ0v) is 17.1. The number of hydrogen-bond donors (Lipinski definition) is 1. The topological polar surface area (TPSA) is 73.2 Å². The van der Waals surface area contributed by atoms with Crippen LogP contribution in [0.4, 0.5) is 5.69 Å². The van der Waals surface area contributed by atoms with E-state index in [9.17, 15) is 9.59 Å². The maximum atomic E-state index is 13.1. The van der Waals surface area contributed by atoms with Gasteiger partial charge in [0.25, 0.3) is 5.56 Å². The normalized spacial score (nSPS) is 16.2. The first-order valence-electron chi connectivity index (χ1n) is 9.70. The van der Waals surface area contributed by atoms with Gasteiger partial charge in [0.15, 0.2) is 5.16 Å². The van der Waals surface area contributed by atoms with Crippen LogP contribution < -0.4 is 10.9 Å². The Morgan fingerprint density at radius 1 is 1.28 bits per heavy atom. The Morgan fingerprint density at radius 2 is 2.14 bits per heavy atom. The fourth-order valence-electron chi connectivity index (χ4n) is 3.46. The number of thioether (sulfide) groups is 1. The number of carbonyl (C=O) groups excluding carboxylic acids is 1. The van der Waals surface area contributed by atoms with E-state index in [1.807, 2.05) is 49.4 Å². The number of ether oxygens (including phenoxy) is 1. The fraction of sp³-hybridized carbons (Fsp3) is 0.318. The second kappa shape index (κ2) is 8.80. The smallest absolute Gasteiger partial charge is 0.262 e. The lowest BCUT2D eigenvalue weighted by molar-refractivity contribution is -0.113. The molecule has 1 saturated heterocycles. The van der Waals surface area contributed by atoms with Crippen LogP contribution in [-0.4, -0.2) is 33.9 Å². The van der Waals surface area contributed by atoms with Gasteiger partial charge < -0.3 is 10.1 Å². The van der Waals surface area contributed by atoms with Crippen LogP contribution in [-0.2, 0) is 16.1 Å². The molecule has 1 aromatic heterocycles. The van der Waals surface area contributed by atoms with Gasteiger partial charge in [-0.1, -0.05) is 36.0 Å². The molecule has 2 aromatic carbocycles. The van der Waals surface area contributed by atoms with Crippen LogP contribution in [0.5, 0.6) is 0 Å². The molecular weight excluding hydrogens is 386 g/mol. The molecule has 0 bridgehead atoms. The highest BCUT2D eigenvalue weighted by molar-refractivity contribution is 7.99. The summed E-state index contributed by atoms with van der Waals surface area (Å²) in [6.07, 6.45) is 1.94. The van der Waals surface area contributed by atoms with E-state index in [2.05, 4.69) is 10.3 Å². The number of nitrogens with zero attached hydrogens (tertiary/aromatic N) is 2.